The molecule has 0 spiro atoms. The lowest BCUT2D eigenvalue weighted by Crippen LogP contribution is -2.49. The molecule has 1 aromatic carbocycles. The standard InChI is InChI=1S/C21H33N2O7P/c1-14(2)11-16(13-31(28,29)10-9-19(24)25)20(26)23-18(21(27)22-3)12-15-5-7-17(30-4)8-6-15/h5-8,14,16,18H,9-13H2,1-4H3,(H,22,27)(H,23,26)(H,24,25)(H,28,29)/t16?,18-/m1/s1. The van der Waals surface area contributed by atoms with E-state index in [-0.39, 0.29) is 24.4 Å². The van der Waals surface area contributed by atoms with E-state index in [0.29, 0.717) is 12.2 Å². The topological polar surface area (TPSA) is 142 Å². The summed E-state index contributed by atoms with van der Waals surface area (Å²) in [5.74, 6) is -2.13. The number of hydrogen-bond donors (Lipinski definition) is 4. The van der Waals surface area contributed by atoms with Gasteiger partial charge in [-0.2, -0.15) is 0 Å². The van der Waals surface area contributed by atoms with Crippen LogP contribution in [-0.4, -0.2) is 60.3 Å². The van der Waals surface area contributed by atoms with Gasteiger partial charge in [0.25, 0.3) is 0 Å². The van der Waals surface area contributed by atoms with Gasteiger partial charge in [0.1, 0.15) is 11.8 Å². The number of amides is 2. The molecule has 4 N–H and O–H groups in total. The molecule has 0 fully saturated rings. The molecule has 0 aliphatic rings. The molecule has 0 saturated carbocycles. The molecule has 2 amide bonds. The number of methoxy groups -OCH3 is 1. The highest BCUT2D eigenvalue weighted by atomic mass is 31.2. The molecule has 2 unspecified atom stereocenters. The zero-order valence-electron chi connectivity index (χ0n) is 18.5. The molecule has 0 radical (unpaired) electrons. The van der Waals surface area contributed by atoms with Gasteiger partial charge in [-0.15, -0.1) is 0 Å². The Morgan fingerprint density at radius 2 is 1.74 bits per heavy atom. The molecule has 0 heterocycles. The third-order valence-corrected chi connectivity index (χ3v) is 6.72. The number of likely N-dealkylation sites (N-methyl/N-ethyl adjacent to an activating group) is 1. The fourth-order valence-electron chi connectivity index (χ4n) is 3.21. The van der Waals surface area contributed by atoms with Gasteiger partial charge in [0.05, 0.1) is 13.5 Å². The Kier molecular flexibility index (Phi) is 10.7. The Morgan fingerprint density at radius 1 is 1.13 bits per heavy atom. The SMILES string of the molecule is CNC(=O)[C@@H](Cc1ccc(OC)cc1)NC(=O)C(CC(C)C)CP(=O)(O)CCC(=O)O. The van der Waals surface area contributed by atoms with E-state index in [1.165, 1.54) is 7.05 Å². The maximum Gasteiger partial charge on any atom is 0.303 e. The van der Waals surface area contributed by atoms with Crippen LogP contribution in [0.1, 0.15) is 32.3 Å². The van der Waals surface area contributed by atoms with Crippen LogP contribution in [0.2, 0.25) is 0 Å². The number of benzene rings is 1. The van der Waals surface area contributed by atoms with Gasteiger partial charge in [0.2, 0.25) is 19.2 Å². The van der Waals surface area contributed by atoms with E-state index in [1.807, 2.05) is 13.8 Å². The Bertz CT molecular complexity index is 795. The van der Waals surface area contributed by atoms with Crippen molar-refractivity contribution in [2.75, 3.05) is 26.5 Å². The van der Waals surface area contributed by atoms with E-state index >= 15 is 0 Å². The highest BCUT2D eigenvalue weighted by molar-refractivity contribution is 7.58. The molecule has 0 bridgehead atoms. The second-order valence-corrected chi connectivity index (χ2v) is 10.5. The van der Waals surface area contributed by atoms with Crippen LogP contribution in [0.25, 0.3) is 0 Å². The van der Waals surface area contributed by atoms with E-state index in [2.05, 4.69) is 10.6 Å². The summed E-state index contributed by atoms with van der Waals surface area (Å²) in [6.45, 7) is 3.76. The Labute approximate surface area is 183 Å². The molecule has 10 heteroatoms. The monoisotopic (exact) mass is 456 g/mol. The predicted octanol–water partition coefficient (Wildman–Crippen LogP) is 1.88. The van der Waals surface area contributed by atoms with Gasteiger partial charge in [-0.25, -0.2) is 0 Å². The molecular weight excluding hydrogens is 423 g/mol. The first-order valence-electron chi connectivity index (χ1n) is 10.1. The van der Waals surface area contributed by atoms with Crippen molar-refractivity contribution in [1.29, 1.82) is 0 Å². The van der Waals surface area contributed by atoms with E-state index in [9.17, 15) is 23.8 Å². The number of hydrogen-bond acceptors (Lipinski definition) is 5. The summed E-state index contributed by atoms with van der Waals surface area (Å²) < 4.78 is 17.6. The minimum atomic E-state index is -3.82. The Hall–Kier alpha value is -2.38. The quantitative estimate of drug-likeness (QED) is 0.332. The maximum atomic E-state index is 13.0. The zero-order valence-corrected chi connectivity index (χ0v) is 19.4. The van der Waals surface area contributed by atoms with Crippen molar-refractivity contribution in [3.8, 4) is 5.75 Å². The number of nitrogens with one attached hydrogen (secondary N) is 2. The summed E-state index contributed by atoms with van der Waals surface area (Å²) in [4.78, 5) is 46.3. The molecule has 0 aliphatic carbocycles. The lowest BCUT2D eigenvalue weighted by molar-refractivity contribution is -0.136. The molecule has 0 aliphatic heterocycles. The third kappa shape index (κ3) is 9.98. The first-order valence-corrected chi connectivity index (χ1v) is 12.2. The molecule has 9 nitrogen and oxygen atoms in total. The van der Waals surface area contributed by atoms with Crippen molar-refractivity contribution < 1.29 is 33.7 Å². The van der Waals surface area contributed by atoms with Crippen LogP contribution in [0.3, 0.4) is 0 Å². The third-order valence-electron chi connectivity index (χ3n) is 4.79. The van der Waals surface area contributed by atoms with E-state index in [4.69, 9.17) is 9.84 Å². The lowest BCUT2D eigenvalue weighted by atomic mass is 9.97. The van der Waals surface area contributed by atoms with E-state index < -0.39 is 43.8 Å². The number of carbonyl (C=O) groups excluding carboxylic acids is 2. The zero-order chi connectivity index (χ0) is 23.6. The van der Waals surface area contributed by atoms with Crippen LogP contribution in [0, 0.1) is 11.8 Å². The summed E-state index contributed by atoms with van der Waals surface area (Å²) in [7, 11) is -0.802. The van der Waals surface area contributed by atoms with Crippen molar-refractivity contribution in [1.82, 2.24) is 10.6 Å². The highest BCUT2D eigenvalue weighted by Crippen LogP contribution is 2.44. The van der Waals surface area contributed by atoms with Gasteiger partial charge in [0, 0.05) is 31.7 Å². The van der Waals surface area contributed by atoms with Gasteiger partial charge >= 0.3 is 5.97 Å². The van der Waals surface area contributed by atoms with Crippen LogP contribution in [0.4, 0.5) is 0 Å². The summed E-state index contributed by atoms with van der Waals surface area (Å²) in [6.07, 6.45) is -0.587. The molecule has 1 aromatic rings. The van der Waals surface area contributed by atoms with Gasteiger partial charge < -0.3 is 25.4 Å². The lowest BCUT2D eigenvalue weighted by Gasteiger charge is -2.24. The summed E-state index contributed by atoms with van der Waals surface area (Å²) >= 11 is 0. The molecule has 1 rings (SSSR count). The summed E-state index contributed by atoms with van der Waals surface area (Å²) in [5.41, 5.74) is 0.810. The first kappa shape index (κ1) is 26.7. The van der Waals surface area contributed by atoms with Crippen LogP contribution < -0.4 is 15.4 Å². The smallest absolute Gasteiger partial charge is 0.303 e. The van der Waals surface area contributed by atoms with Crippen molar-refractivity contribution in [2.45, 2.75) is 39.2 Å². The van der Waals surface area contributed by atoms with Crippen molar-refractivity contribution in [2.24, 2.45) is 11.8 Å². The summed E-state index contributed by atoms with van der Waals surface area (Å²) in [6, 6.07) is 6.23. The number of carboxylic acid groups (broad SMARTS) is 1. The Balaban J connectivity index is 2.96. The maximum absolute atomic E-state index is 13.0. The minimum Gasteiger partial charge on any atom is -0.497 e. The van der Waals surface area contributed by atoms with Crippen LogP contribution in [-0.2, 0) is 25.4 Å². The average molecular weight is 456 g/mol. The second kappa shape index (κ2) is 12.5. The number of rotatable bonds is 13. The number of aliphatic carboxylic acids is 1. The Morgan fingerprint density at radius 3 is 2.23 bits per heavy atom. The van der Waals surface area contributed by atoms with Crippen molar-refractivity contribution >= 4 is 25.2 Å². The molecular formula is C21H33N2O7P. The number of carbonyl (C=O) groups is 3. The van der Waals surface area contributed by atoms with E-state index in [1.54, 1.807) is 31.4 Å². The molecule has 0 saturated heterocycles. The first-order chi connectivity index (χ1) is 14.5. The van der Waals surface area contributed by atoms with Crippen LogP contribution in [0.15, 0.2) is 24.3 Å². The van der Waals surface area contributed by atoms with Gasteiger partial charge in [0.15, 0.2) is 0 Å². The van der Waals surface area contributed by atoms with Gasteiger partial charge in [-0.3, -0.25) is 18.9 Å². The fraction of sp³-hybridized carbons (Fsp3) is 0.571. The van der Waals surface area contributed by atoms with Gasteiger partial charge in [-0.05, 0) is 30.0 Å². The summed E-state index contributed by atoms with van der Waals surface area (Å²) in [5, 5.41) is 14.0. The molecule has 3 atom stereocenters. The van der Waals surface area contributed by atoms with E-state index in [0.717, 1.165) is 5.56 Å². The van der Waals surface area contributed by atoms with Crippen molar-refractivity contribution in [3.63, 3.8) is 0 Å². The van der Waals surface area contributed by atoms with Gasteiger partial charge in [-0.1, -0.05) is 26.0 Å². The minimum absolute atomic E-state index is 0.0651. The molecule has 174 valence electrons. The fourth-order valence-corrected chi connectivity index (χ4v) is 4.94. The van der Waals surface area contributed by atoms with Crippen LogP contribution >= 0.6 is 7.37 Å². The van der Waals surface area contributed by atoms with Crippen molar-refractivity contribution in [3.05, 3.63) is 29.8 Å². The number of ether oxygens (including phenoxy) is 1. The largest absolute Gasteiger partial charge is 0.497 e. The number of carboxylic acids is 1. The normalized spacial score (nSPS) is 14.9. The average Bonchev–Trinajstić information content (AvgIpc) is 2.70. The predicted molar refractivity (Wildman–Crippen MR) is 117 cm³/mol. The second-order valence-electron chi connectivity index (χ2n) is 7.95. The van der Waals surface area contributed by atoms with Crippen LogP contribution in [0.5, 0.6) is 5.75 Å². The molecule has 0 aromatic heterocycles. The highest BCUT2D eigenvalue weighted by Gasteiger charge is 2.32. The molecule has 31 heavy (non-hydrogen) atoms.